The number of benzene rings is 2. The van der Waals surface area contributed by atoms with Gasteiger partial charge in [-0.3, -0.25) is 18.7 Å². The topological polar surface area (TPSA) is 107 Å². The number of rotatable bonds is 12. The second-order valence-electron chi connectivity index (χ2n) is 12.1. The largest absolute Gasteiger partial charge is 0.491 e. The van der Waals surface area contributed by atoms with Gasteiger partial charge in [0.05, 0.1) is 31.0 Å². The lowest BCUT2D eigenvalue weighted by molar-refractivity contribution is -0.122. The number of hydrogen-bond donors (Lipinski definition) is 2. The van der Waals surface area contributed by atoms with Gasteiger partial charge in [0.1, 0.15) is 18.1 Å². The standard InChI is InChI=1S/C35H47N5O5/c1-4-31(41)37-29-15-8-9-16-30(29)40-32(27-12-6-5-7-13-27)33(34(42)38-19-17-36-18-20-38)39(35(40)43)24-26-11-10-14-28(23-26)45-22-21-44-25(2)3/h5-7,10-14,23,25,29-30,36H,4,8-9,15-22,24H2,1-3H3,(H,37,41)/t29-,30?/m0/s1. The number of ether oxygens (including phenoxy) is 2. The molecule has 0 spiro atoms. The molecule has 10 nitrogen and oxygen atoms in total. The number of carbonyl (C=O) groups is 2. The molecule has 2 heterocycles. The Morgan fingerprint density at radius 3 is 2.49 bits per heavy atom. The van der Waals surface area contributed by atoms with Gasteiger partial charge in [-0.15, -0.1) is 0 Å². The monoisotopic (exact) mass is 617 g/mol. The second-order valence-corrected chi connectivity index (χ2v) is 12.1. The van der Waals surface area contributed by atoms with Crippen LogP contribution in [0.25, 0.3) is 11.3 Å². The average Bonchev–Trinajstić information content (AvgIpc) is 3.34. The first-order chi connectivity index (χ1) is 21.9. The van der Waals surface area contributed by atoms with Gasteiger partial charge >= 0.3 is 5.69 Å². The first kappa shape index (κ1) is 32.5. The van der Waals surface area contributed by atoms with E-state index in [2.05, 4.69) is 10.6 Å². The molecule has 5 rings (SSSR count). The van der Waals surface area contributed by atoms with Gasteiger partial charge in [-0.1, -0.05) is 62.2 Å². The molecule has 2 aliphatic rings. The van der Waals surface area contributed by atoms with Crippen LogP contribution in [0.1, 0.15) is 75.0 Å². The van der Waals surface area contributed by atoms with Crippen LogP contribution in [0.5, 0.6) is 5.75 Å². The van der Waals surface area contributed by atoms with Crippen molar-refractivity contribution < 1.29 is 19.1 Å². The van der Waals surface area contributed by atoms with Crippen molar-refractivity contribution in [3.63, 3.8) is 0 Å². The Labute approximate surface area is 265 Å². The number of nitrogens with zero attached hydrogens (tertiary/aromatic N) is 3. The smallest absolute Gasteiger partial charge is 0.329 e. The summed E-state index contributed by atoms with van der Waals surface area (Å²) in [6, 6.07) is 16.9. The number of nitrogens with one attached hydrogen (secondary N) is 2. The molecular formula is C35H47N5O5. The molecule has 2 N–H and O–H groups in total. The van der Waals surface area contributed by atoms with E-state index in [1.54, 1.807) is 4.57 Å². The van der Waals surface area contributed by atoms with Crippen LogP contribution in [0, 0.1) is 0 Å². The van der Waals surface area contributed by atoms with Gasteiger partial charge in [0.2, 0.25) is 5.91 Å². The highest BCUT2D eigenvalue weighted by atomic mass is 16.5. The average molecular weight is 618 g/mol. The van der Waals surface area contributed by atoms with E-state index in [0.29, 0.717) is 63.0 Å². The molecule has 0 radical (unpaired) electrons. The van der Waals surface area contributed by atoms with Crippen LogP contribution in [0.3, 0.4) is 0 Å². The molecule has 2 atom stereocenters. The second kappa shape index (κ2) is 15.4. The predicted molar refractivity (Wildman–Crippen MR) is 175 cm³/mol. The van der Waals surface area contributed by atoms with E-state index in [4.69, 9.17) is 9.47 Å². The molecule has 1 saturated heterocycles. The highest BCUT2D eigenvalue weighted by molar-refractivity contribution is 5.99. The maximum absolute atomic E-state index is 14.7. The number of hydrogen-bond acceptors (Lipinski definition) is 6. The fourth-order valence-electron chi connectivity index (χ4n) is 6.38. The molecule has 2 amide bonds. The summed E-state index contributed by atoms with van der Waals surface area (Å²) < 4.78 is 15.0. The lowest BCUT2D eigenvalue weighted by Gasteiger charge is -2.34. The zero-order valence-corrected chi connectivity index (χ0v) is 26.8. The van der Waals surface area contributed by atoms with E-state index < -0.39 is 0 Å². The molecule has 1 aliphatic carbocycles. The molecular weight excluding hydrogens is 570 g/mol. The summed E-state index contributed by atoms with van der Waals surface area (Å²) in [6.45, 7) is 9.43. The minimum Gasteiger partial charge on any atom is -0.491 e. The minimum absolute atomic E-state index is 0.0339. The molecule has 1 aromatic heterocycles. The molecule has 1 saturated carbocycles. The molecule has 1 unspecified atom stereocenters. The molecule has 45 heavy (non-hydrogen) atoms. The van der Waals surface area contributed by atoms with Crippen LogP contribution in [0.4, 0.5) is 0 Å². The van der Waals surface area contributed by atoms with Crippen molar-refractivity contribution in [2.75, 3.05) is 39.4 Å². The molecule has 0 bridgehead atoms. The van der Waals surface area contributed by atoms with Crippen LogP contribution >= 0.6 is 0 Å². The normalized spacial score (nSPS) is 18.6. The van der Waals surface area contributed by atoms with Gasteiger partial charge in [0, 0.05) is 44.2 Å². The van der Waals surface area contributed by atoms with Gasteiger partial charge in [0.15, 0.2) is 0 Å². The molecule has 10 heteroatoms. The van der Waals surface area contributed by atoms with Crippen LogP contribution in [0.2, 0.25) is 0 Å². The Balaban J connectivity index is 1.62. The fourth-order valence-corrected chi connectivity index (χ4v) is 6.38. The molecule has 242 valence electrons. The van der Waals surface area contributed by atoms with Crippen LogP contribution in [-0.2, 0) is 16.1 Å². The first-order valence-corrected chi connectivity index (χ1v) is 16.4. The third-order valence-corrected chi connectivity index (χ3v) is 8.60. The quantitative estimate of drug-likeness (QED) is 0.295. The summed E-state index contributed by atoms with van der Waals surface area (Å²) >= 11 is 0. The van der Waals surface area contributed by atoms with Crippen molar-refractivity contribution in [3.05, 3.63) is 76.3 Å². The maximum atomic E-state index is 14.7. The van der Waals surface area contributed by atoms with Gasteiger partial charge in [-0.05, 0) is 44.4 Å². The number of imidazole rings is 1. The van der Waals surface area contributed by atoms with Crippen LogP contribution in [0.15, 0.2) is 59.4 Å². The van der Waals surface area contributed by atoms with Crippen molar-refractivity contribution in [3.8, 4) is 17.0 Å². The Morgan fingerprint density at radius 1 is 1.00 bits per heavy atom. The number of carbonyl (C=O) groups excluding carboxylic acids is 2. The summed E-state index contributed by atoms with van der Waals surface area (Å²) in [5, 5.41) is 6.52. The van der Waals surface area contributed by atoms with E-state index >= 15 is 0 Å². The predicted octanol–water partition coefficient (Wildman–Crippen LogP) is 4.22. The Bertz CT molecular complexity index is 1490. The third-order valence-electron chi connectivity index (χ3n) is 8.60. The van der Waals surface area contributed by atoms with Gasteiger partial charge < -0.3 is 25.0 Å². The highest BCUT2D eigenvalue weighted by Crippen LogP contribution is 2.35. The van der Waals surface area contributed by atoms with Crippen LogP contribution < -0.4 is 21.1 Å². The van der Waals surface area contributed by atoms with Crippen LogP contribution in [-0.4, -0.2) is 77.4 Å². The number of piperazine rings is 1. The van der Waals surface area contributed by atoms with Gasteiger partial charge in [-0.2, -0.15) is 0 Å². The fraction of sp³-hybridized carbons (Fsp3) is 0.514. The molecule has 2 fully saturated rings. The Morgan fingerprint density at radius 2 is 1.76 bits per heavy atom. The third kappa shape index (κ3) is 7.86. The molecule has 1 aliphatic heterocycles. The number of aromatic nitrogens is 2. The first-order valence-electron chi connectivity index (χ1n) is 16.4. The van der Waals surface area contributed by atoms with Crippen molar-refractivity contribution >= 4 is 11.8 Å². The van der Waals surface area contributed by atoms with Gasteiger partial charge in [-0.25, -0.2) is 4.79 Å². The van der Waals surface area contributed by atoms with Crippen molar-refractivity contribution in [2.45, 2.75) is 77.6 Å². The van der Waals surface area contributed by atoms with Crippen molar-refractivity contribution in [2.24, 2.45) is 0 Å². The SMILES string of the molecule is CCC(=O)N[C@H]1CCCCC1n1c(-c2ccccc2)c(C(=O)N2CCNCC2)n(Cc2cccc(OCCOC(C)C)c2)c1=O. The molecule has 2 aromatic carbocycles. The number of amides is 2. The lowest BCUT2D eigenvalue weighted by atomic mass is 9.89. The summed E-state index contributed by atoms with van der Waals surface area (Å²) in [5.74, 6) is 0.489. The van der Waals surface area contributed by atoms with E-state index in [9.17, 15) is 14.4 Å². The van der Waals surface area contributed by atoms with E-state index in [-0.39, 0.29) is 42.2 Å². The maximum Gasteiger partial charge on any atom is 0.329 e. The Hall–Kier alpha value is -3.89. The van der Waals surface area contributed by atoms with E-state index in [1.165, 1.54) is 0 Å². The highest BCUT2D eigenvalue weighted by Gasteiger charge is 2.36. The zero-order valence-electron chi connectivity index (χ0n) is 26.8. The lowest BCUT2D eigenvalue weighted by Crippen LogP contribution is -2.47. The molecule has 3 aromatic rings. The zero-order chi connectivity index (χ0) is 31.8. The Kier molecular flexibility index (Phi) is 11.1. The van der Waals surface area contributed by atoms with Crippen molar-refractivity contribution in [1.29, 1.82) is 0 Å². The summed E-state index contributed by atoms with van der Waals surface area (Å²) in [4.78, 5) is 43.6. The van der Waals surface area contributed by atoms with E-state index in [0.717, 1.165) is 36.8 Å². The van der Waals surface area contributed by atoms with E-state index in [1.807, 2.05) is 84.8 Å². The summed E-state index contributed by atoms with van der Waals surface area (Å²) in [6.07, 6.45) is 3.93. The minimum atomic E-state index is -0.275. The van der Waals surface area contributed by atoms with Crippen molar-refractivity contribution in [1.82, 2.24) is 24.7 Å². The summed E-state index contributed by atoms with van der Waals surface area (Å²) in [7, 11) is 0. The summed E-state index contributed by atoms with van der Waals surface area (Å²) in [5.41, 5.74) is 2.41. The van der Waals surface area contributed by atoms with Gasteiger partial charge in [0.25, 0.3) is 5.91 Å².